The molecule has 2 aromatic carbocycles. The van der Waals surface area contributed by atoms with Gasteiger partial charge in [-0.1, -0.05) is 35.5 Å². The average Bonchev–Trinajstić information content (AvgIpc) is 2.40. The van der Waals surface area contributed by atoms with Gasteiger partial charge in [-0.3, -0.25) is 9.69 Å². The lowest BCUT2D eigenvalue weighted by Crippen LogP contribution is -2.25. The van der Waals surface area contributed by atoms with Crippen molar-refractivity contribution in [1.29, 1.82) is 0 Å². The molecule has 5 heteroatoms. The van der Waals surface area contributed by atoms with Crippen LogP contribution in [0.2, 0.25) is 5.02 Å². The summed E-state index contributed by atoms with van der Waals surface area (Å²) in [5, 5.41) is 9.98. The fraction of sp³-hybridized carbons (Fsp3) is 0.0714. The Morgan fingerprint density at radius 2 is 1.95 bits per heavy atom. The number of hydrogen-bond donors (Lipinski definition) is 1. The van der Waals surface area contributed by atoms with Gasteiger partial charge in [0.1, 0.15) is 5.75 Å². The summed E-state index contributed by atoms with van der Waals surface area (Å²) in [6.07, 6.45) is 0. The zero-order valence-corrected chi connectivity index (χ0v) is 11.6. The third-order valence-electron chi connectivity index (χ3n) is 2.93. The molecule has 0 aliphatic carbocycles. The number of nitrogens with zero attached hydrogens (tertiary/aromatic N) is 1. The van der Waals surface area contributed by atoms with Gasteiger partial charge in [0.2, 0.25) is 5.91 Å². The highest BCUT2D eigenvalue weighted by Crippen LogP contribution is 2.52. The van der Waals surface area contributed by atoms with E-state index in [0.717, 1.165) is 10.6 Å². The molecular weight excluding hydrogens is 282 g/mol. The van der Waals surface area contributed by atoms with Gasteiger partial charge in [-0.05, 0) is 24.3 Å². The number of rotatable bonds is 0. The van der Waals surface area contributed by atoms with E-state index in [-0.39, 0.29) is 16.7 Å². The normalized spacial score (nSPS) is 12.8. The molecule has 3 rings (SSSR count). The van der Waals surface area contributed by atoms with Crippen LogP contribution >= 0.6 is 23.4 Å². The highest BCUT2D eigenvalue weighted by molar-refractivity contribution is 7.99. The van der Waals surface area contributed by atoms with E-state index in [2.05, 4.69) is 0 Å². The number of anilines is 2. The van der Waals surface area contributed by atoms with Crippen molar-refractivity contribution in [2.75, 3.05) is 4.90 Å². The molecule has 96 valence electrons. The minimum Gasteiger partial charge on any atom is -0.506 e. The first-order chi connectivity index (χ1) is 9.09. The summed E-state index contributed by atoms with van der Waals surface area (Å²) in [6.45, 7) is 1.51. The minimum atomic E-state index is -0.0873. The molecule has 0 spiro atoms. The Morgan fingerprint density at radius 1 is 1.21 bits per heavy atom. The van der Waals surface area contributed by atoms with Gasteiger partial charge in [-0.25, -0.2) is 0 Å². The standard InChI is InChI=1S/C14H10ClNO2S/c1-8(17)16-9-4-2-3-5-12(9)19-14-10(16)6-7-11(18)13(14)15/h2-7,18H,1H3. The lowest BCUT2D eigenvalue weighted by atomic mass is 10.2. The Morgan fingerprint density at radius 3 is 2.68 bits per heavy atom. The van der Waals surface area contributed by atoms with Crippen LogP contribution in [0.3, 0.4) is 0 Å². The number of phenolic OH excluding ortho intramolecular Hbond substituents is 1. The van der Waals surface area contributed by atoms with Gasteiger partial charge < -0.3 is 5.11 Å². The van der Waals surface area contributed by atoms with Crippen LogP contribution in [-0.4, -0.2) is 11.0 Å². The van der Waals surface area contributed by atoms with E-state index >= 15 is 0 Å². The molecule has 1 N–H and O–H groups in total. The summed E-state index contributed by atoms with van der Waals surface area (Å²) in [6, 6.07) is 10.8. The fourth-order valence-electron chi connectivity index (χ4n) is 2.12. The third kappa shape index (κ3) is 1.88. The second-order valence-electron chi connectivity index (χ2n) is 4.17. The quantitative estimate of drug-likeness (QED) is 0.791. The van der Waals surface area contributed by atoms with Crippen molar-refractivity contribution in [2.45, 2.75) is 16.7 Å². The number of para-hydroxylation sites is 1. The van der Waals surface area contributed by atoms with E-state index in [1.54, 1.807) is 11.0 Å². The predicted octanol–water partition coefficient (Wildman–Crippen LogP) is 4.19. The van der Waals surface area contributed by atoms with Crippen molar-refractivity contribution < 1.29 is 9.90 Å². The summed E-state index contributed by atoms with van der Waals surface area (Å²) >= 11 is 7.60. The van der Waals surface area contributed by atoms with Gasteiger partial charge in [0.25, 0.3) is 0 Å². The topological polar surface area (TPSA) is 40.5 Å². The van der Waals surface area contributed by atoms with Crippen LogP contribution in [0.25, 0.3) is 0 Å². The SMILES string of the molecule is CC(=O)N1c2ccccc2Sc2c1ccc(O)c2Cl. The van der Waals surface area contributed by atoms with E-state index in [9.17, 15) is 9.90 Å². The van der Waals surface area contributed by atoms with Crippen molar-refractivity contribution in [3.05, 3.63) is 41.4 Å². The molecule has 0 aromatic heterocycles. The first kappa shape index (κ1) is 12.4. The second-order valence-corrected chi connectivity index (χ2v) is 5.60. The zero-order valence-electron chi connectivity index (χ0n) is 10.1. The number of benzene rings is 2. The molecule has 0 fully saturated rings. The molecule has 0 radical (unpaired) electrons. The molecule has 0 bridgehead atoms. The molecule has 0 saturated heterocycles. The zero-order chi connectivity index (χ0) is 13.6. The van der Waals surface area contributed by atoms with E-state index in [1.807, 2.05) is 24.3 Å². The van der Waals surface area contributed by atoms with Crippen molar-refractivity contribution in [2.24, 2.45) is 0 Å². The van der Waals surface area contributed by atoms with E-state index in [4.69, 9.17) is 11.6 Å². The monoisotopic (exact) mass is 291 g/mol. The third-order valence-corrected chi connectivity index (χ3v) is 4.61. The van der Waals surface area contributed by atoms with Crippen LogP contribution in [0.5, 0.6) is 5.75 Å². The molecule has 0 atom stereocenters. The molecule has 3 nitrogen and oxygen atoms in total. The summed E-state index contributed by atoms with van der Waals surface area (Å²) in [4.78, 5) is 15.2. The van der Waals surface area contributed by atoms with Gasteiger partial charge in [-0.15, -0.1) is 0 Å². The Kier molecular flexibility index (Phi) is 2.92. The fourth-order valence-corrected chi connectivity index (χ4v) is 3.48. The van der Waals surface area contributed by atoms with Crippen LogP contribution in [0.1, 0.15) is 6.92 Å². The molecular formula is C14H10ClNO2S. The van der Waals surface area contributed by atoms with Gasteiger partial charge >= 0.3 is 0 Å². The lowest BCUT2D eigenvalue weighted by Gasteiger charge is -2.30. The molecule has 19 heavy (non-hydrogen) atoms. The Balaban J connectivity index is 2.28. The van der Waals surface area contributed by atoms with Crippen molar-refractivity contribution in [3.8, 4) is 5.75 Å². The molecule has 0 saturated carbocycles. The second kappa shape index (κ2) is 4.47. The average molecular weight is 292 g/mol. The number of carbonyl (C=O) groups excluding carboxylic acids is 1. The number of carbonyl (C=O) groups is 1. The van der Waals surface area contributed by atoms with Crippen LogP contribution in [0.15, 0.2) is 46.2 Å². The largest absolute Gasteiger partial charge is 0.506 e. The minimum absolute atomic E-state index is 0.0239. The summed E-state index contributed by atoms with van der Waals surface area (Å²) in [5.41, 5.74) is 1.55. The van der Waals surface area contributed by atoms with Crippen molar-refractivity contribution in [3.63, 3.8) is 0 Å². The highest BCUT2D eigenvalue weighted by Gasteiger charge is 2.28. The lowest BCUT2D eigenvalue weighted by molar-refractivity contribution is -0.115. The number of halogens is 1. The Labute approximate surface area is 119 Å². The van der Waals surface area contributed by atoms with E-state index < -0.39 is 0 Å². The molecule has 1 aliphatic rings. The molecule has 1 amide bonds. The Bertz CT molecular complexity index is 687. The van der Waals surface area contributed by atoms with Crippen LogP contribution < -0.4 is 4.90 Å². The maximum Gasteiger partial charge on any atom is 0.228 e. The van der Waals surface area contributed by atoms with E-state index in [1.165, 1.54) is 24.8 Å². The van der Waals surface area contributed by atoms with E-state index in [0.29, 0.717) is 10.6 Å². The summed E-state index contributed by atoms with van der Waals surface area (Å²) in [7, 11) is 0. The maximum atomic E-state index is 11.9. The van der Waals surface area contributed by atoms with Gasteiger partial charge in [0, 0.05) is 11.8 Å². The first-order valence-corrected chi connectivity index (χ1v) is 6.88. The first-order valence-electron chi connectivity index (χ1n) is 5.68. The van der Waals surface area contributed by atoms with Crippen molar-refractivity contribution in [1.82, 2.24) is 0 Å². The number of hydrogen-bond acceptors (Lipinski definition) is 3. The predicted molar refractivity (Wildman–Crippen MR) is 76.5 cm³/mol. The summed E-state index contributed by atoms with van der Waals surface area (Å²) < 4.78 is 0. The van der Waals surface area contributed by atoms with Crippen molar-refractivity contribution >= 4 is 40.6 Å². The van der Waals surface area contributed by atoms with Gasteiger partial charge in [0.05, 0.1) is 21.3 Å². The molecule has 2 aromatic rings. The highest BCUT2D eigenvalue weighted by atomic mass is 35.5. The van der Waals surface area contributed by atoms with Crippen LogP contribution in [-0.2, 0) is 4.79 Å². The molecule has 1 heterocycles. The Hall–Kier alpha value is -1.65. The molecule has 0 unspecified atom stereocenters. The summed E-state index contributed by atoms with van der Waals surface area (Å²) in [5.74, 6) is -0.0634. The van der Waals surface area contributed by atoms with Gasteiger partial charge in [-0.2, -0.15) is 0 Å². The number of phenols is 1. The number of amides is 1. The van der Waals surface area contributed by atoms with Crippen LogP contribution in [0.4, 0.5) is 11.4 Å². The maximum absolute atomic E-state index is 11.9. The number of fused-ring (bicyclic) bond motifs is 2. The smallest absolute Gasteiger partial charge is 0.228 e. The number of aromatic hydroxyl groups is 1. The van der Waals surface area contributed by atoms with Gasteiger partial charge in [0.15, 0.2) is 0 Å². The van der Waals surface area contributed by atoms with Crippen LogP contribution in [0, 0.1) is 0 Å². The molecule has 1 aliphatic heterocycles.